The third-order valence-corrected chi connectivity index (χ3v) is 5.64. The molecule has 10 atom stereocenters. The van der Waals surface area contributed by atoms with Crippen molar-refractivity contribution in [3.05, 3.63) is 23.8 Å². The first-order valence-electron chi connectivity index (χ1n) is 10.9. The summed E-state index contributed by atoms with van der Waals surface area (Å²) in [5, 5.41) is 79.3. The van der Waals surface area contributed by atoms with E-state index in [-0.39, 0.29) is 23.7 Å². The third-order valence-electron chi connectivity index (χ3n) is 5.64. The van der Waals surface area contributed by atoms with Crippen LogP contribution in [0.15, 0.2) is 18.2 Å². The minimum absolute atomic E-state index is 0.00686. The van der Waals surface area contributed by atoms with Gasteiger partial charge in [-0.15, -0.1) is 0 Å². The number of carbonyl (C=O) groups is 1. The molecule has 3 rings (SSSR count). The predicted octanol–water partition coefficient (Wildman–Crippen LogP) is -3.78. The van der Waals surface area contributed by atoms with Gasteiger partial charge >= 0.3 is 5.97 Å². The van der Waals surface area contributed by atoms with E-state index in [1.165, 1.54) is 12.1 Å². The number of carbonyl (C=O) groups excluding carboxylic acids is 1. The number of aliphatic hydroxyl groups is 8. The van der Waals surface area contributed by atoms with E-state index < -0.39 is 80.6 Å². The maximum absolute atomic E-state index is 12.2. The monoisotopic (exact) mass is 506 g/mol. The summed E-state index contributed by atoms with van der Waals surface area (Å²) in [6, 6.07) is 3.67. The zero-order valence-electron chi connectivity index (χ0n) is 18.7. The van der Waals surface area contributed by atoms with Crippen molar-refractivity contribution in [3.8, 4) is 11.5 Å². The van der Waals surface area contributed by atoms with Crippen LogP contribution in [0.4, 0.5) is 0 Å². The van der Waals surface area contributed by atoms with Crippen LogP contribution in [0.3, 0.4) is 0 Å². The summed E-state index contributed by atoms with van der Waals surface area (Å²) < 4.78 is 26.8. The number of benzene rings is 1. The minimum atomic E-state index is -1.78. The minimum Gasteiger partial charge on any atom is -0.462 e. The van der Waals surface area contributed by atoms with E-state index in [0.717, 1.165) is 6.07 Å². The first-order chi connectivity index (χ1) is 16.6. The Balaban J connectivity index is 1.91. The lowest BCUT2D eigenvalue weighted by atomic mass is 9.99. The number of ether oxygens (including phenoxy) is 5. The first-order valence-corrected chi connectivity index (χ1v) is 10.9. The highest BCUT2D eigenvalue weighted by atomic mass is 16.7. The Morgan fingerprint density at radius 3 is 1.71 bits per heavy atom. The number of aliphatic hydroxyl groups excluding tert-OH is 8. The zero-order chi connectivity index (χ0) is 25.9. The molecule has 8 N–H and O–H groups in total. The topological polar surface area (TPSA) is 225 Å². The molecule has 2 fully saturated rings. The van der Waals surface area contributed by atoms with E-state index in [4.69, 9.17) is 23.7 Å². The van der Waals surface area contributed by atoms with Crippen molar-refractivity contribution in [3.63, 3.8) is 0 Å². The number of esters is 1. The average Bonchev–Trinajstić information content (AvgIpc) is 2.85. The fourth-order valence-corrected chi connectivity index (χ4v) is 3.62. The summed E-state index contributed by atoms with van der Waals surface area (Å²) in [6.07, 6.45) is -16.0. The van der Waals surface area contributed by atoms with Crippen LogP contribution < -0.4 is 9.47 Å². The van der Waals surface area contributed by atoms with Crippen molar-refractivity contribution in [2.75, 3.05) is 19.8 Å². The molecule has 198 valence electrons. The van der Waals surface area contributed by atoms with Gasteiger partial charge in [0, 0.05) is 0 Å². The lowest BCUT2D eigenvalue weighted by molar-refractivity contribution is -0.282. The van der Waals surface area contributed by atoms with E-state index in [0.29, 0.717) is 0 Å². The van der Waals surface area contributed by atoms with Crippen LogP contribution in [0.2, 0.25) is 0 Å². The van der Waals surface area contributed by atoms with Gasteiger partial charge in [0.15, 0.2) is 11.5 Å². The Morgan fingerprint density at radius 2 is 1.26 bits per heavy atom. The van der Waals surface area contributed by atoms with Crippen molar-refractivity contribution in [1.29, 1.82) is 0 Å². The quantitative estimate of drug-likeness (QED) is 0.158. The molecule has 2 unspecified atom stereocenters. The van der Waals surface area contributed by atoms with Crippen LogP contribution in [0.25, 0.3) is 0 Å². The summed E-state index contributed by atoms with van der Waals surface area (Å²) in [7, 11) is 0. The normalized spacial score (nSPS) is 37.5. The largest absolute Gasteiger partial charge is 0.462 e. The number of hydrogen-bond donors (Lipinski definition) is 8. The van der Waals surface area contributed by atoms with Gasteiger partial charge in [0.2, 0.25) is 12.6 Å². The molecule has 1 aromatic rings. The molecule has 0 bridgehead atoms. The van der Waals surface area contributed by atoms with Gasteiger partial charge in [0.25, 0.3) is 0 Å². The molecule has 14 heteroatoms. The summed E-state index contributed by atoms with van der Waals surface area (Å²) in [5.74, 6) is -1.19. The van der Waals surface area contributed by atoms with E-state index in [1.807, 2.05) is 0 Å². The van der Waals surface area contributed by atoms with Gasteiger partial charge in [-0.3, -0.25) is 0 Å². The molecule has 0 amide bonds. The Kier molecular flexibility index (Phi) is 9.22. The molecular formula is C21H30O14. The summed E-state index contributed by atoms with van der Waals surface area (Å²) in [5.41, 5.74) is -0.00686. The first kappa shape index (κ1) is 27.5. The maximum Gasteiger partial charge on any atom is 0.338 e. The lowest BCUT2D eigenvalue weighted by Crippen LogP contribution is -2.60. The van der Waals surface area contributed by atoms with Gasteiger partial charge in [0.05, 0.1) is 25.4 Å². The van der Waals surface area contributed by atoms with Crippen LogP contribution >= 0.6 is 0 Å². The Labute approximate surface area is 199 Å². The predicted molar refractivity (Wildman–Crippen MR) is 111 cm³/mol. The molecule has 0 radical (unpaired) electrons. The van der Waals surface area contributed by atoms with Crippen LogP contribution in [0.5, 0.6) is 11.5 Å². The molecule has 35 heavy (non-hydrogen) atoms. The van der Waals surface area contributed by atoms with Crippen molar-refractivity contribution >= 4 is 5.97 Å². The SMILES string of the molecule is CCOC(=O)c1ccc(OC2O[C@H](CO)[C@@H](O)[C@H](O)[C@H]2O)c(OC2O[C@H](CO)[C@@H](O)[C@H](O)[C@H]2O)c1. The molecule has 0 aromatic heterocycles. The van der Waals surface area contributed by atoms with E-state index in [2.05, 4.69) is 0 Å². The summed E-state index contributed by atoms with van der Waals surface area (Å²) >= 11 is 0. The van der Waals surface area contributed by atoms with Crippen molar-refractivity contribution < 1.29 is 69.3 Å². The van der Waals surface area contributed by atoms with Crippen LogP contribution in [0, 0.1) is 0 Å². The second-order valence-corrected chi connectivity index (χ2v) is 8.01. The van der Waals surface area contributed by atoms with Gasteiger partial charge < -0.3 is 64.5 Å². The van der Waals surface area contributed by atoms with Crippen molar-refractivity contribution in [1.82, 2.24) is 0 Å². The second kappa shape index (κ2) is 11.7. The smallest absolute Gasteiger partial charge is 0.338 e. The Morgan fingerprint density at radius 1 is 0.771 bits per heavy atom. The van der Waals surface area contributed by atoms with Gasteiger partial charge in [-0.1, -0.05) is 0 Å². The fourth-order valence-electron chi connectivity index (χ4n) is 3.62. The average molecular weight is 506 g/mol. The van der Waals surface area contributed by atoms with Crippen LogP contribution in [-0.2, 0) is 14.2 Å². The van der Waals surface area contributed by atoms with Gasteiger partial charge in [-0.05, 0) is 25.1 Å². The Hall–Kier alpha value is -2.11. The van der Waals surface area contributed by atoms with E-state index in [1.54, 1.807) is 6.92 Å². The highest BCUT2D eigenvalue weighted by Gasteiger charge is 2.46. The van der Waals surface area contributed by atoms with E-state index >= 15 is 0 Å². The molecule has 2 aliphatic heterocycles. The summed E-state index contributed by atoms with van der Waals surface area (Å²) in [4.78, 5) is 12.2. The molecule has 0 spiro atoms. The van der Waals surface area contributed by atoms with Crippen LogP contribution in [0.1, 0.15) is 17.3 Å². The van der Waals surface area contributed by atoms with E-state index in [9.17, 15) is 45.6 Å². The van der Waals surface area contributed by atoms with Gasteiger partial charge in [0.1, 0.15) is 48.8 Å². The van der Waals surface area contributed by atoms with Crippen molar-refractivity contribution in [2.24, 2.45) is 0 Å². The molecule has 0 saturated carbocycles. The van der Waals surface area contributed by atoms with Gasteiger partial charge in [-0.2, -0.15) is 0 Å². The van der Waals surface area contributed by atoms with Crippen molar-refractivity contribution in [2.45, 2.75) is 68.3 Å². The fraction of sp³-hybridized carbons (Fsp3) is 0.667. The highest BCUT2D eigenvalue weighted by Crippen LogP contribution is 2.35. The number of rotatable bonds is 8. The molecule has 2 heterocycles. The highest BCUT2D eigenvalue weighted by molar-refractivity contribution is 5.90. The standard InChI is InChI=1S/C21H30O14/c1-2-31-19(30)8-3-4-9(32-20-17(28)15(26)13(24)11(6-22)34-20)10(5-8)33-21-18(29)16(27)14(25)12(7-23)35-21/h3-5,11-18,20-29H,2,6-7H2,1H3/t11-,12-,13-,14-,15+,16+,17-,18-,20?,21?/m1/s1. The molecule has 1 aromatic carbocycles. The molecule has 2 aliphatic rings. The zero-order valence-corrected chi connectivity index (χ0v) is 18.7. The molecule has 0 aliphatic carbocycles. The Bertz CT molecular complexity index is 847. The number of hydrogen-bond acceptors (Lipinski definition) is 14. The lowest BCUT2D eigenvalue weighted by Gasteiger charge is -2.40. The maximum atomic E-state index is 12.2. The summed E-state index contributed by atoms with van der Waals surface area (Å²) in [6.45, 7) is 0.271. The van der Waals surface area contributed by atoms with Gasteiger partial charge in [-0.25, -0.2) is 4.79 Å². The molecule has 14 nitrogen and oxygen atoms in total. The van der Waals surface area contributed by atoms with Crippen LogP contribution in [-0.4, -0.2) is 128 Å². The molecule has 2 saturated heterocycles. The molecular weight excluding hydrogens is 476 g/mol. The second-order valence-electron chi connectivity index (χ2n) is 8.01. The third kappa shape index (κ3) is 5.83.